The maximum absolute atomic E-state index is 12.4. The number of phenolic OH excluding ortho intramolecular Hbond substituents is 1. The summed E-state index contributed by atoms with van der Waals surface area (Å²) in [5.74, 6) is -0.474. The highest BCUT2D eigenvalue weighted by Crippen LogP contribution is 2.35. The number of halogens is 1. The molecule has 0 aliphatic rings. The van der Waals surface area contributed by atoms with E-state index in [9.17, 15) is 9.90 Å². The number of nitrogens with two attached hydrogens (primary N) is 1. The van der Waals surface area contributed by atoms with Crippen molar-refractivity contribution in [3.8, 4) is 11.5 Å². The van der Waals surface area contributed by atoms with Crippen LogP contribution in [0.1, 0.15) is 23.1 Å². The second-order valence-corrected chi connectivity index (χ2v) is 6.15. The number of benzene rings is 2. The SMILES string of the molecule is CCOc1cc(C(=O)OCc2nc(N)nc(Nc3ccccc3)n2)cc(Cl)c1O. The monoisotopic (exact) mass is 415 g/mol. The summed E-state index contributed by atoms with van der Waals surface area (Å²) in [6.07, 6.45) is 0. The Hall–Kier alpha value is -3.59. The van der Waals surface area contributed by atoms with Crippen molar-refractivity contribution in [2.24, 2.45) is 0 Å². The summed E-state index contributed by atoms with van der Waals surface area (Å²) in [6, 6.07) is 11.9. The molecule has 29 heavy (non-hydrogen) atoms. The lowest BCUT2D eigenvalue weighted by molar-refractivity contribution is 0.0461. The second kappa shape index (κ2) is 9.07. The van der Waals surface area contributed by atoms with Crippen LogP contribution < -0.4 is 15.8 Å². The number of aromatic hydroxyl groups is 1. The largest absolute Gasteiger partial charge is 0.503 e. The average molecular weight is 416 g/mol. The number of hydrogen-bond donors (Lipinski definition) is 3. The Balaban J connectivity index is 1.72. The first-order valence-electron chi connectivity index (χ1n) is 8.61. The van der Waals surface area contributed by atoms with E-state index in [-0.39, 0.29) is 46.4 Å². The number of phenols is 1. The second-order valence-electron chi connectivity index (χ2n) is 5.74. The van der Waals surface area contributed by atoms with Gasteiger partial charge in [0.25, 0.3) is 0 Å². The molecule has 1 heterocycles. The summed E-state index contributed by atoms with van der Waals surface area (Å²) in [6.45, 7) is 1.80. The Labute approximate surface area is 171 Å². The molecule has 10 heteroatoms. The molecule has 0 spiro atoms. The third kappa shape index (κ3) is 5.23. The van der Waals surface area contributed by atoms with Gasteiger partial charge in [-0.3, -0.25) is 0 Å². The summed E-state index contributed by atoms with van der Waals surface area (Å²) < 4.78 is 10.5. The molecule has 150 valence electrons. The molecule has 3 aromatic rings. The molecule has 3 rings (SSSR count). The number of para-hydroxylation sites is 1. The van der Waals surface area contributed by atoms with Gasteiger partial charge in [-0.15, -0.1) is 0 Å². The maximum atomic E-state index is 12.4. The van der Waals surface area contributed by atoms with E-state index in [0.717, 1.165) is 5.69 Å². The molecule has 0 saturated carbocycles. The van der Waals surface area contributed by atoms with Crippen molar-refractivity contribution in [1.82, 2.24) is 15.0 Å². The number of nitrogens with one attached hydrogen (secondary N) is 1. The van der Waals surface area contributed by atoms with E-state index in [1.807, 2.05) is 30.3 Å². The van der Waals surface area contributed by atoms with Gasteiger partial charge in [0, 0.05) is 5.69 Å². The first-order valence-corrected chi connectivity index (χ1v) is 8.99. The molecule has 0 atom stereocenters. The number of aromatic nitrogens is 3. The van der Waals surface area contributed by atoms with Crippen molar-refractivity contribution in [3.05, 3.63) is 58.9 Å². The van der Waals surface area contributed by atoms with Gasteiger partial charge >= 0.3 is 5.97 Å². The fourth-order valence-corrected chi connectivity index (χ4v) is 2.59. The number of carbonyl (C=O) groups excluding carboxylic acids is 1. The van der Waals surface area contributed by atoms with Crippen molar-refractivity contribution in [2.45, 2.75) is 13.5 Å². The predicted molar refractivity (Wildman–Crippen MR) is 107 cm³/mol. The Morgan fingerprint density at radius 2 is 1.97 bits per heavy atom. The van der Waals surface area contributed by atoms with Gasteiger partial charge in [0.05, 0.1) is 17.2 Å². The zero-order valence-electron chi connectivity index (χ0n) is 15.4. The number of nitrogen functional groups attached to an aromatic ring is 1. The lowest BCUT2D eigenvalue weighted by atomic mass is 10.2. The highest BCUT2D eigenvalue weighted by Gasteiger charge is 2.16. The first kappa shape index (κ1) is 20.2. The van der Waals surface area contributed by atoms with E-state index < -0.39 is 5.97 Å². The number of rotatable bonds is 7. The number of ether oxygens (including phenoxy) is 2. The van der Waals surface area contributed by atoms with Crippen LogP contribution >= 0.6 is 11.6 Å². The average Bonchev–Trinajstić information content (AvgIpc) is 2.70. The van der Waals surface area contributed by atoms with Crippen molar-refractivity contribution < 1.29 is 19.4 Å². The van der Waals surface area contributed by atoms with Gasteiger partial charge in [-0.1, -0.05) is 29.8 Å². The highest BCUT2D eigenvalue weighted by atomic mass is 35.5. The molecule has 2 aromatic carbocycles. The van der Waals surface area contributed by atoms with Gasteiger partial charge in [0.1, 0.15) is 0 Å². The fraction of sp³-hybridized carbons (Fsp3) is 0.158. The van der Waals surface area contributed by atoms with Gasteiger partial charge in [0.2, 0.25) is 11.9 Å². The summed E-state index contributed by atoms with van der Waals surface area (Å²) in [5, 5.41) is 12.8. The van der Waals surface area contributed by atoms with Crippen LogP contribution in [0.3, 0.4) is 0 Å². The Kier molecular flexibility index (Phi) is 6.30. The third-order valence-corrected chi connectivity index (χ3v) is 3.91. The molecular formula is C19H18ClN5O4. The van der Waals surface area contributed by atoms with Gasteiger partial charge in [-0.05, 0) is 31.2 Å². The van der Waals surface area contributed by atoms with E-state index >= 15 is 0 Å². The molecule has 1 aromatic heterocycles. The van der Waals surface area contributed by atoms with Crippen LogP contribution in [0.4, 0.5) is 17.6 Å². The normalized spacial score (nSPS) is 10.4. The van der Waals surface area contributed by atoms with E-state index in [1.165, 1.54) is 12.1 Å². The minimum Gasteiger partial charge on any atom is -0.503 e. The van der Waals surface area contributed by atoms with Gasteiger partial charge in [0.15, 0.2) is 23.9 Å². The highest BCUT2D eigenvalue weighted by molar-refractivity contribution is 6.32. The van der Waals surface area contributed by atoms with Crippen molar-refractivity contribution in [1.29, 1.82) is 0 Å². The lowest BCUT2D eigenvalue weighted by Crippen LogP contribution is -2.11. The summed E-state index contributed by atoms with van der Waals surface area (Å²) in [7, 11) is 0. The molecule has 4 N–H and O–H groups in total. The zero-order valence-corrected chi connectivity index (χ0v) is 16.2. The van der Waals surface area contributed by atoms with Crippen LogP contribution in [0, 0.1) is 0 Å². The summed E-state index contributed by atoms with van der Waals surface area (Å²) in [4.78, 5) is 24.5. The molecule has 9 nitrogen and oxygen atoms in total. The van der Waals surface area contributed by atoms with E-state index in [2.05, 4.69) is 20.3 Å². The van der Waals surface area contributed by atoms with Crippen LogP contribution in [-0.4, -0.2) is 32.6 Å². The van der Waals surface area contributed by atoms with E-state index in [0.29, 0.717) is 6.61 Å². The quantitative estimate of drug-likeness (QED) is 0.497. The van der Waals surface area contributed by atoms with Crippen LogP contribution in [0.5, 0.6) is 11.5 Å². The number of nitrogens with zero attached hydrogens (tertiary/aromatic N) is 3. The van der Waals surface area contributed by atoms with Gasteiger partial charge < -0.3 is 25.6 Å². The number of esters is 1. The first-order chi connectivity index (χ1) is 14.0. The minimum absolute atomic E-state index is 0.0178. The molecule has 0 bridgehead atoms. The standard InChI is InChI=1S/C19H18ClN5O4/c1-2-28-14-9-11(8-13(20)16(14)26)17(27)29-10-15-23-18(21)25-19(24-15)22-12-6-4-3-5-7-12/h3-9,26H,2,10H2,1H3,(H3,21,22,23,24,25). The van der Waals surface area contributed by atoms with E-state index in [1.54, 1.807) is 6.92 Å². The molecule has 0 amide bonds. The maximum Gasteiger partial charge on any atom is 0.338 e. The van der Waals surface area contributed by atoms with Crippen LogP contribution in [0.15, 0.2) is 42.5 Å². The van der Waals surface area contributed by atoms with Crippen LogP contribution in [0.2, 0.25) is 5.02 Å². The van der Waals surface area contributed by atoms with Gasteiger partial charge in [-0.2, -0.15) is 15.0 Å². The Morgan fingerprint density at radius 3 is 2.69 bits per heavy atom. The zero-order chi connectivity index (χ0) is 20.8. The van der Waals surface area contributed by atoms with Gasteiger partial charge in [-0.25, -0.2) is 4.79 Å². The molecular weight excluding hydrogens is 398 g/mol. The third-order valence-electron chi connectivity index (χ3n) is 3.63. The predicted octanol–water partition coefficient (Wildman–Crippen LogP) is 3.31. The molecule has 0 fully saturated rings. The Morgan fingerprint density at radius 1 is 1.21 bits per heavy atom. The summed E-state index contributed by atoms with van der Waals surface area (Å²) >= 11 is 5.94. The van der Waals surface area contributed by atoms with Crippen molar-refractivity contribution >= 4 is 35.2 Å². The molecule has 0 unspecified atom stereocenters. The Bertz CT molecular complexity index is 1020. The smallest absolute Gasteiger partial charge is 0.338 e. The molecule has 0 aliphatic carbocycles. The van der Waals surface area contributed by atoms with Crippen LogP contribution in [-0.2, 0) is 11.3 Å². The lowest BCUT2D eigenvalue weighted by Gasteiger charge is -2.10. The molecule has 0 aliphatic heterocycles. The van der Waals surface area contributed by atoms with Crippen LogP contribution in [0.25, 0.3) is 0 Å². The number of carbonyl (C=O) groups is 1. The van der Waals surface area contributed by atoms with Crippen molar-refractivity contribution in [3.63, 3.8) is 0 Å². The molecule has 0 radical (unpaired) electrons. The van der Waals surface area contributed by atoms with E-state index in [4.69, 9.17) is 26.8 Å². The summed E-state index contributed by atoms with van der Waals surface area (Å²) in [5.41, 5.74) is 6.59. The fourth-order valence-electron chi connectivity index (χ4n) is 2.38. The topological polar surface area (TPSA) is 132 Å². The number of anilines is 3. The van der Waals surface area contributed by atoms with Crippen molar-refractivity contribution in [2.75, 3.05) is 17.7 Å². The number of hydrogen-bond acceptors (Lipinski definition) is 9. The molecule has 0 saturated heterocycles. The minimum atomic E-state index is -0.690.